The number of aromatic amines is 1. The minimum absolute atomic E-state index is 0.0580. The number of fused-ring (bicyclic) bond motifs is 2. The second-order valence-corrected chi connectivity index (χ2v) is 7.49. The molecule has 144 valence electrons. The molecule has 0 saturated carbocycles. The number of hydrogen-bond acceptors (Lipinski definition) is 4. The minimum Gasteiger partial charge on any atom is -0.325 e. The number of piperidine rings is 1. The summed E-state index contributed by atoms with van der Waals surface area (Å²) >= 11 is 0. The van der Waals surface area contributed by atoms with Crippen LogP contribution in [0, 0.1) is 0 Å². The van der Waals surface area contributed by atoms with Crippen LogP contribution in [0.5, 0.6) is 0 Å². The maximum atomic E-state index is 12.2. The molecule has 0 unspecified atom stereocenters. The van der Waals surface area contributed by atoms with Gasteiger partial charge in [-0.1, -0.05) is 19.1 Å². The summed E-state index contributed by atoms with van der Waals surface area (Å²) in [5.41, 5.74) is 3.79. The van der Waals surface area contributed by atoms with Gasteiger partial charge in [-0.3, -0.25) is 14.8 Å². The molecule has 28 heavy (non-hydrogen) atoms. The highest BCUT2D eigenvalue weighted by atomic mass is 16.1. The zero-order chi connectivity index (χ0) is 19.1. The fraction of sp³-hybridized carbons (Fsp3) is 0.381. The highest BCUT2D eigenvalue weighted by Crippen LogP contribution is 2.29. The lowest BCUT2D eigenvalue weighted by Crippen LogP contribution is -2.35. The second kappa shape index (κ2) is 6.91. The van der Waals surface area contributed by atoms with Crippen LogP contribution in [0.2, 0.25) is 0 Å². The SMILES string of the molecule is CCc1nc2ccccc2n1C1CCN(Cc2cc(=O)n3[nH]ccc3n2)CC1. The van der Waals surface area contributed by atoms with Gasteiger partial charge in [0, 0.05) is 50.4 Å². The van der Waals surface area contributed by atoms with Crippen LogP contribution in [-0.2, 0) is 13.0 Å². The molecule has 1 aromatic carbocycles. The average molecular weight is 376 g/mol. The molecular formula is C21H24N6O. The van der Waals surface area contributed by atoms with E-state index in [1.54, 1.807) is 12.3 Å². The first kappa shape index (κ1) is 17.2. The topological polar surface area (TPSA) is 71.2 Å². The first-order valence-corrected chi connectivity index (χ1v) is 9.97. The number of aryl methyl sites for hydroxylation is 1. The van der Waals surface area contributed by atoms with Crippen LogP contribution >= 0.6 is 0 Å². The summed E-state index contributed by atoms with van der Waals surface area (Å²) in [5.74, 6) is 1.17. The maximum Gasteiger partial charge on any atom is 0.272 e. The Kier molecular flexibility index (Phi) is 4.24. The number of rotatable bonds is 4. The van der Waals surface area contributed by atoms with E-state index in [2.05, 4.69) is 50.7 Å². The van der Waals surface area contributed by atoms with Gasteiger partial charge in [-0.15, -0.1) is 0 Å². The number of aromatic nitrogens is 5. The van der Waals surface area contributed by atoms with Gasteiger partial charge in [0.2, 0.25) is 0 Å². The van der Waals surface area contributed by atoms with Gasteiger partial charge < -0.3 is 4.57 Å². The van der Waals surface area contributed by atoms with Crippen LogP contribution in [0.1, 0.15) is 37.3 Å². The molecule has 0 atom stereocenters. The molecule has 3 aromatic heterocycles. The molecule has 0 bridgehead atoms. The first-order chi connectivity index (χ1) is 13.7. The van der Waals surface area contributed by atoms with Gasteiger partial charge in [-0.2, -0.15) is 0 Å². The standard InChI is InChI=1S/C21H24N6O/c1-2-19-24-17-5-3-4-6-18(17)26(19)16-8-11-25(12-9-16)14-15-13-21(28)27-20(23-15)7-10-22-27/h3-7,10,13,16,22H,2,8-9,11-12,14H2,1H3. The minimum atomic E-state index is -0.0580. The van der Waals surface area contributed by atoms with Crippen LogP contribution in [0.3, 0.4) is 0 Å². The van der Waals surface area contributed by atoms with E-state index in [0.29, 0.717) is 11.7 Å². The van der Waals surface area contributed by atoms with E-state index < -0.39 is 0 Å². The van der Waals surface area contributed by atoms with Gasteiger partial charge in [0.1, 0.15) is 5.82 Å². The van der Waals surface area contributed by atoms with E-state index in [4.69, 9.17) is 4.98 Å². The Hall–Kier alpha value is -2.93. The van der Waals surface area contributed by atoms with Crippen molar-refractivity contribution in [2.45, 2.75) is 38.8 Å². The van der Waals surface area contributed by atoms with Crippen LogP contribution in [0.25, 0.3) is 16.7 Å². The molecule has 1 saturated heterocycles. The van der Waals surface area contributed by atoms with Crippen molar-refractivity contribution in [3.63, 3.8) is 0 Å². The lowest BCUT2D eigenvalue weighted by atomic mass is 10.0. The normalized spacial score (nSPS) is 16.3. The number of nitrogens with zero attached hydrogens (tertiary/aromatic N) is 5. The highest BCUT2D eigenvalue weighted by molar-refractivity contribution is 5.76. The Labute approximate surface area is 162 Å². The summed E-state index contributed by atoms with van der Waals surface area (Å²) in [6.07, 6.45) is 4.84. The number of nitrogens with one attached hydrogen (secondary N) is 1. The van der Waals surface area contributed by atoms with Gasteiger partial charge in [0.15, 0.2) is 5.65 Å². The molecular weight excluding hydrogens is 352 g/mol. The molecule has 1 aliphatic rings. The summed E-state index contributed by atoms with van der Waals surface area (Å²) in [6.45, 7) is 4.88. The third-order valence-electron chi connectivity index (χ3n) is 5.73. The van der Waals surface area contributed by atoms with Gasteiger partial charge in [0.25, 0.3) is 5.56 Å². The summed E-state index contributed by atoms with van der Waals surface area (Å²) in [6, 6.07) is 12.4. The zero-order valence-electron chi connectivity index (χ0n) is 16.0. The van der Waals surface area contributed by atoms with E-state index >= 15 is 0 Å². The quantitative estimate of drug-likeness (QED) is 0.595. The Balaban J connectivity index is 1.33. The van der Waals surface area contributed by atoms with Gasteiger partial charge in [0.05, 0.1) is 16.7 Å². The molecule has 0 aliphatic carbocycles. The number of para-hydroxylation sites is 2. The molecule has 1 fully saturated rings. The van der Waals surface area contributed by atoms with Crippen molar-refractivity contribution >= 4 is 16.7 Å². The lowest BCUT2D eigenvalue weighted by Gasteiger charge is -2.33. The van der Waals surface area contributed by atoms with E-state index in [0.717, 1.165) is 50.1 Å². The number of likely N-dealkylation sites (tertiary alicyclic amines) is 1. The summed E-state index contributed by atoms with van der Waals surface area (Å²) < 4.78 is 3.91. The van der Waals surface area contributed by atoms with E-state index in [-0.39, 0.29) is 5.56 Å². The summed E-state index contributed by atoms with van der Waals surface area (Å²) in [5, 5.41) is 2.88. The van der Waals surface area contributed by atoms with Crippen LogP contribution in [0.4, 0.5) is 0 Å². The van der Waals surface area contributed by atoms with Gasteiger partial charge in [-0.05, 0) is 25.0 Å². The van der Waals surface area contributed by atoms with Crippen molar-refractivity contribution in [1.29, 1.82) is 0 Å². The first-order valence-electron chi connectivity index (χ1n) is 9.97. The number of benzene rings is 1. The fourth-order valence-corrected chi connectivity index (χ4v) is 4.37. The predicted octanol–water partition coefficient (Wildman–Crippen LogP) is 2.77. The van der Waals surface area contributed by atoms with Gasteiger partial charge >= 0.3 is 0 Å². The van der Waals surface area contributed by atoms with Crippen molar-refractivity contribution in [2.75, 3.05) is 13.1 Å². The smallest absolute Gasteiger partial charge is 0.272 e. The van der Waals surface area contributed by atoms with Crippen molar-refractivity contribution in [3.05, 3.63) is 64.5 Å². The molecule has 1 aliphatic heterocycles. The largest absolute Gasteiger partial charge is 0.325 e. The number of imidazole rings is 1. The van der Waals surface area contributed by atoms with E-state index in [1.807, 2.05) is 6.07 Å². The fourth-order valence-electron chi connectivity index (χ4n) is 4.37. The molecule has 4 heterocycles. The van der Waals surface area contributed by atoms with Crippen molar-refractivity contribution in [2.24, 2.45) is 0 Å². The molecule has 0 amide bonds. The third-order valence-corrected chi connectivity index (χ3v) is 5.73. The zero-order valence-corrected chi connectivity index (χ0v) is 16.0. The van der Waals surface area contributed by atoms with Crippen LogP contribution < -0.4 is 5.56 Å². The maximum absolute atomic E-state index is 12.2. The highest BCUT2D eigenvalue weighted by Gasteiger charge is 2.24. The molecule has 0 radical (unpaired) electrons. The monoisotopic (exact) mass is 376 g/mol. The Morgan fingerprint density at radius 3 is 2.79 bits per heavy atom. The van der Waals surface area contributed by atoms with Crippen LogP contribution in [0.15, 0.2) is 47.4 Å². The van der Waals surface area contributed by atoms with Crippen molar-refractivity contribution < 1.29 is 0 Å². The molecule has 5 rings (SSSR count). The molecule has 1 N–H and O–H groups in total. The lowest BCUT2D eigenvalue weighted by molar-refractivity contribution is 0.178. The average Bonchev–Trinajstić information content (AvgIpc) is 3.33. The van der Waals surface area contributed by atoms with Crippen molar-refractivity contribution in [1.82, 2.24) is 29.0 Å². The third kappa shape index (κ3) is 2.92. The molecule has 7 nitrogen and oxygen atoms in total. The summed E-state index contributed by atoms with van der Waals surface area (Å²) in [7, 11) is 0. The number of H-pyrrole nitrogens is 1. The predicted molar refractivity (Wildman–Crippen MR) is 108 cm³/mol. The van der Waals surface area contributed by atoms with E-state index in [1.165, 1.54) is 15.9 Å². The Morgan fingerprint density at radius 2 is 1.96 bits per heavy atom. The number of hydrogen-bond donors (Lipinski definition) is 1. The van der Waals surface area contributed by atoms with Gasteiger partial charge in [-0.25, -0.2) is 14.5 Å². The molecule has 0 spiro atoms. The molecule has 4 aromatic rings. The Bertz CT molecular complexity index is 1180. The second-order valence-electron chi connectivity index (χ2n) is 7.49. The van der Waals surface area contributed by atoms with Crippen molar-refractivity contribution in [3.8, 4) is 0 Å². The Morgan fingerprint density at radius 1 is 1.14 bits per heavy atom. The molecule has 7 heteroatoms. The summed E-state index contributed by atoms with van der Waals surface area (Å²) in [4.78, 5) is 24.0. The van der Waals surface area contributed by atoms with Crippen LogP contribution in [-0.4, -0.2) is 42.1 Å². The van der Waals surface area contributed by atoms with E-state index in [9.17, 15) is 4.79 Å².